The van der Waals surface area contributed by atoms with Crippen LogP contribution in [-0.4, -0.2) is 26.1 Å². The third kappa shape index (κ3) is 2.93. The summed E-state index contributed by atoms with van der Waals surface area (Å²) >= 11 is 0. The Morgan fingerprint density at radius 2 is 1.92 bits per heavy atom. The lowest BCUT2D eigenvalue weighted by atomic mass is 10.2. The Labute approximate surface area is 137 Å². The number of benzene rings is 1. The highest BCUT2D eigenvalue weighted by molar-refractivity contribution is 5.75. The van der Waals surface area contributed by atoms with E-state index in [1.807, 2.05) is 0 Å². The molecule has 0 radical (unpaired) electrons. The molecule has 0 unspecified atom stereocenters. The molecule has 3 heterocycles. The van der Waals surface area contributed by atoms with E-state index in [0.717, 1.165) is 37.2 Å². The number of halogens is 2. The summed E-state index contributed by atoms with van der Waals surface area (Å²) in [6.45, 7) is 1.70. The molecule has 24 heavy (non-hydrogen) atoms. The molecule has 7 heteroatoms. The molecule has 5 nitrogen and oxygen atoms in total. The average molecular weight is 329 g/mol. The zero-order chi connectivity index (χ0) is 16.5. The molecular formula is C17H17F2N5. The van der Waals surface area contributed by atoms with E-state index in [4.69, 9.17) is 0 Å². The van der Waals surface area contributed by atoms with Crippen LogP contribution in [0.5, 0.6) is 0 Å². The molecule has 0 spiro atoms. The van der Waals surface area contributed by atoms with E-state index >= 15 is 0 Å². The second-order valence-corrected chi connectivity index (χ2v) is 5.99. The van der Waals surface area contributed by atoms with Gasteiger partial charge in [-0.2, -0.15) is 0 Å². The van der Waals surface area contributed by atoms with E-state index < -0.39 is 11.6 Å². The first kappa shape index (κ1) is 15.0. The fourth-order valence-electron chi connectivity index (χ4n) is 3.00. The van der Waals surface area contributed by atoms with Crippen LogP contribution in [0.4, 0.5) is 14.6 Å². The summed E-state index contributed by atoms with van der Waals surface area (Å²) in [5.41, 5.74) is 1.72. The van der Waals surface area contributed by atoms with Gasteiger partial charge in [0.2, 0.25) is 0 Å². The summed E-state index contributed by atoms with van der Waals surface area (Å²) in [5, 5.41) is 3.16. The number of rotatable bonds is 4. The van der Waals surface area contributed by atoms with Crippen LogP contribution in [0.3, 0.4) is 0 Å². The van der Waals surface area contributed by atoms with Crippen LogP contribution in [-0.2, 0) is 19.4 Å². The summed E-state index contributed by atoms with van der Waals surface area (Å²) in [4.78, 5) is 13.0. The molecule has 0 atom stereocenters. The van der Waals surface area contributed by atoms with Gasteiger partial charge < -0.3 is 9.88 Å². The lowest BCUT2D eigenvalue weighted by Crippen LogP contribution is -2.08. The minimum Gasteiger partial charge on any atom is -0.368 e. The van der Waals surface area contributed by atoms with E-state index in [2.05, 4.69) is 31.0 Å². The minimum atomic E-state index is -0.919. The van der Waals surface area contributed by atoms with E-state index in [0.29, 0.717) is 23.4 Å². The maximum atomic E-state index is 13.3. The summed E-state index contributed by atoms with van der Waals surface area (Å²) in [5.74, 6) is -0.129. The van der Waals surface area contributed by atoms with Crippen molar-refractivity contribution >= 4 is 16.9 Å². The maximum absolute atomic E-state index is 13.3. The van der Waals surface area contributed by atoms with Gasteiger partial charge in [-0.3, -0.25) is 4.98 Å². The highest BCUT2D eigenvalue weighted by Gasteiger charge is 2.12. The third-order valence-electron chi connectivity index (χ3n) is 4.23. The van der Waals surface area contributed by atoms with Gasteiger partial charge in [0.05, 0.1) is 22.9 Å². The number of hydrogen-bond acceptors (Lipinski definition) is 4. The van der Waals surface area contributed by atoms with Gasteiger partial charge >= 0.3 is 0 Å². The molecule has 3 aromatic rings. The average Bonchev–Trinajstić information content (AvgIpc) is 2.99. The maximum Gasteiger partial charge on any atom is 0.161 e. The summed E-state index contributed by atoms with van der Waals surface area (Å²) in [6, 6.07) is 2.11. The number of fused-ring (bicyclic) bond motifs is 2. The molecule has 0 fully saturated rings. The Hall–Kier alpha value is -2.57. The van der Waals surface area contributed by atoms with Gasteiger partial charge in [-0.1, -0.05) is 0 Å². The van der Waals surface area contributed by atoms with Crippen molar-refractivity contribution in [1.82, 2.24) is 19.5 Å². The van der Waals surface area contributed by atoms with Crippen molar-refractivity contribution in [2.24, 2.45) is 0 Å². The molecule has 1 aliphatic rings. The molecule has 0 amide bonds. The van der Waals surface area contributed by atoms with Gasteiger partial charge in [-0.25, -0.2) is 18.7 Å². The van der Waals surface area contributed by atoms with Crippen molar-refractivity contribution in [1.29, 1.82) is 0 Å². The van der Waals surface area contributed by atoms with Gasteiger partial charge in [0, 0.05) is 44.3 Å². The zero-order valence-corrected chi connectivity index (χ0v) is 13.1. The monoisotopic (exact) mass is 329 g/mol. The predicted molar refractivity (Wildman–Crippen MR) is 86.8 cm³/mol. The molecule has 0 bridgehead atoms. The molecule has 1 aromatic carbocycles. The van der Waals surface area contributed by atoms with Gasteiger partial charge in [-0.05, 0) is 12.8 Å². The van der Waals surface area contributed by atoms with Gasteiger partial charge in [0.15, 0.2) is 11.6 Å². The Balaban J connectivity index is 1.43. The van der Waals surface area contributed by atoms with E-state index in [1.54, 1.807) is 0 Å². The summed E-state index contributed by atoms with van der Waals surface area (Å²) in [6.07, 6.45) is 7.88. The highest BCUT2D eigenvalue weighted by atomic mass is 19.2. The summed E-state index contributed by atoms with van der Waals surface area (Å²) in [7, 11) is 0. The molecule has 0 saturated carbocycles. The number of imidazole rings is 1. The second-order valence-electron chi connectivity index (χ2n) is 5.99. The second kappa shape index (κ2) is 6.14. The molecule has 124 valence electrons. The third-order valence-corrected chi connectivity index (χ3v) is 4.23. The number of aromatic nitrogens is 4. The smallest absolute Gasteiger partial charge is 0.161 e. The van der Waals surface area contributed by atoms with Crippen molar-refractivity contribution in [2.75, 3.05) is 11.9 Å². The first-order valence-corrected chi connectivity index (χ1v) is 8.09. The van der Waals surface area contributed by atoms with Crippen molar-refractivity contribution in [2.45, 2.75) is 32.2 Å². The van der Waals surface area contributed by atoms with Crippen LogP contribution in [0.2, 0.25) is 0 Å². The number of anilines is 1. The van der Waals surface area contributed by atoms with Crippen LogP contribution in [0.25, 0.3) is 11.0 Å². The standard InChI is InChI=1S/C17H17F2N5/c18-12-7-14-15(8-13(12)19)23-16(9-21-14)20-5-4-11-10-24-6-2-1-3-17(24)22-11/h7-10H,1-6H2,(H,20,23). The first-order valence-electron chi connectivity index (χ1n) is 8.09. The van der Waals surface area contributed by atoms with Gasteiger partial charge in [-0.15, -0.1) is 0 Å². The predicted octanol–water partition coefficient (Wildman–Crippen LogP) is 3.10. The van der Waals surface area contributed by atoms with E-state index in [9.17, 15) is 8.78 Å². The highest BCUT2D eigenvalue weighted by Crippen LogP contribution is 2.17. The Morgan fingerprint density at radius 1 is 1.08 bits per heavy atom. The van der Waals surface area contributed by atoms with Crippen LogP contribution in [0.1, 0.15) is 24.4 Å². The molecule has 0 aliphatic carbocycles. The van der Waals surface area contributed by atoms with Crippen LogP contribution in [0.15, 0.2) is 24.5 Å². The number of aryl methyl sites for hydroxylation is 2. The largest absolute Gasteiger partial charge is 0.368 e. The minimum absolute atomic E-state index is 0.330. The lowest BCUT2D eigenvalue weighted by Gasteiger charge is -2.11. The number of hydrogen-bond donors (Lipinski definition) is 1. The number of nitrogens with one attached hydrogen (secondary N) is 1. The molecular weight excluding hydrogens is 312 g/mol. The number of nitrogens with zero attached hydrogens (tertiary/aromatic N) is 4. The van der Waals surface area contributed by atoms with Crippen LogP contribution >= 0.6 is 0 Å². The Bertz CT molecular complexity index is 867. The molecule has 1 N–H and O–H groups in total. The Kier molecular flexibility index (Phi) is 3.84. The van der Waals surface area contributed by atoms with Gasteiger partial charge in [0.25, 0.3) is 0 Å². The van der Waals surface area contributed by atoms with Crippen molar-refractivity contribution in [3.8, 4) is 0 Å². The normalized spacial score (nSPS) is 13.9. The summed E-state index contributed by atoms with van der Waals surface area (Å²) < 4.78 is 28.7. The van der Waals surface area contributed by atoms with Crippen molar-refractivity contribution in [3.63, 3.8) is 0 Å². The van der Waals surface area contributed by atoms with Crippen LogP contribution in [0, 0.1) is 11.6 Å². The fraction of sp³-hybridized carbons (Fsp3) is 0.353. The quantitative estimate of drug-likeness (QED) is 0.799. The molecule has 2 aromatic heterocycles. The topological polar surface area (TPSA) is 55.6 Å². The lowest BCUT2D eigenvalue weighted by molar-refractivity contribution is 0.510. The SMILES string of the molecule is Fc1cc2ncc(NCCc3cn4c(n3)CCCC4)nc2cc1F. The van der Waals surface area contributed by atoms with Crippen molar-refractivity contribution < 1.29 is 8.78 Å². The first-order chi connectivity index (χ1) is 11.7. The molecule has 0 saturated heterocycles. The molecule has 4 rings (SSSR count). The van der Waals surface area contributed by atoms with E-state index in [1.165, 1.54) is 24.9 Å². The van der Waals surface area contributed by atoms with Gasteiger partial charge in [0.1, 0.15) is 11.6 Å². The molecule has 1 aliphatic heterocycles. The van der Waals surface area contributed by atoms with Crippen molar-refractivity contribution in [3.05, 3.63) is 47.7 Å². The van der Waals surface area contributed by atoms with E-state index in [-0.39, 0.29) is 0 Å². The zero-order valence-electron chi connectivity index (χ0n) is 13.1. The fourth-order valence-corrected chi connectivity index (χ4v) is 3.00. The Morgan fingerprint density at radius 3 is 2.75 bits per heavy atom. The van der Waals surface area contributed by atoms with Crippen LogP contribution < -0.4 is 5.32 Å².